The molecule has 1 aromatic rings. The molecule has 100 valence electrons. The Morgan fingerprint density at radius 1 is 1.17 bits per heavy atom. The third-order valence-corrected chi connectivity index (χ3v) is 4.02. The van der Waals surface area contributed by atoms with Gasteiger partial charge in [-0.25, -0.2) is 0 Å². The maximum absolute atomic E-state index is 10.3. The van der Waals surface area contributed by atoms with E-state index in [1.165, 1.54) is 0 Å². The van der Waals surface area contributed by atoms with E-state index in [1.54, 1.807) is 26.0 Å². The average Bonchev–Trinajstić information content (AvgIpc) is 3.06. The highest BCUT2D eigenvalue weighted by molar-refractivity contribution is 7.99. The molecule has 4 heteroatoms. The molecule has 3 nitrogen and oxygen atoms in total. The predicted octanol–water partition coefficient (Wildman–Crippen LogP) is 3.19. The largest absolute Gasteiger partial charge is 0.496 e. The zero-order valence-corrected chi connectivity index (χ0v) is 12.1. The second-order valence-corrected chi connectivity index (χ2v) is 6.55. The molecular weight excluding hydrogens is 248 g/mol. The highest BCUT2D eigenvalue weighted by Gasteiger charge is 2.46. The van der Waals surface area contributed by atoms with Gasteiger partial charge >= 0.3 is 0 Å². The fourth-order valence-corrected chi connectivity index (χ4v) is 2.95. The number of rotatable bonds is 5. The first-order chi connectivity index (χ1) is 8.50. The van der Waals surface area contributed by atoms with E-state index in [0.717, 1.165) is 34.8 Å². The van der Waals surface area contributed by atoms with E-state index < -0.39 is 5.60 Å². The monoisotopic (exact) mass is 268 g/mol. The number of hydrogen-bond acceptors (Lipinski definition) is 4. The van der Waals surface area contributed by atoms with Crippen LogP contribution < -0.4 is 9.47 Å². The van der Waals surface area contributed by atoms with Crippen LogP contribution in [0.2, 0.25) is 0 Å². The molecule has 0 heterocycles. The average molecular weight is 268 g/mol. The van der Waals surface area contributed by atoms with Gasteiger partial charge in [0.15, 0.2) is 0 Å². The number of ether oxygens (including phenoxy) is 2. The summed E-state index contributed by atoms with van der Waals surface area (Å²) in [4.78, 5) is 1.10. The van der Waals surface area contributed by atoms with Gasteiger partial charge in [-0.1, -0.05) is 13.8 Å². The summed E-state index contributed by atoms with van der Waals surface area (Å²) in [5.41, 5.74) is 0.0400. The molecule has 0 spiro atoms. The Hall–Kier alpha value is -0.870. The molecule has 1 aliphatic carbocycles. The van der Waals surface area contributed by atoms with Crippen molar-refractivity contribution in [3.8, 4) is 11.5 Å². The highest BCUT2D eigenvalue weighted by atomic mass is 32.2. The second-order valence-electron chi connectivity index (χ2n) is 4.90. The predicted molar refractivity (Wildman–Crippen MR) is 73.7 cm³/mol. The number of methoxy groups -OCH3 is 2. The molecule has 0 amide bonds. The summed E-state index contributed by atoms with van der Waals surface area (Å²) in [6, 6.07) is 3.97. The lowest BCUT2D eigenvalue weighted by molar-refractivity contribution is 0.143. The lowest BCUT2D eigenvalue weighted by atomic mass is 10.1. The normalized spacial score (nSPS) is 16.8. The van der Waals surface area contributed by atoms with E-state index in [1.807, 2.05) is 12.1 Å². The number of benzene rings is 1. The van der Waals surface area contributed by atoms with Crippen LogP contribution in [0.3, 0.4) is 0 Å². The maximum Gasteiger partial charge on any atom is 0.129 e. The van der Waals surface area contributed by atoms with Gasteiger partial charge in [-0.05, 0) is 25.0 Å². The minimum atomic E-state index is -0.752. The highest BCUT2D eigenvalue weighted by Crippen LogP contribution is 2.53. The molecule has 1 N–H and O–H groups in total. The number of hydrogen-bond donors (Lipinski definition) is 1. The van der Waals surface area contributed by atoms with Gasteiger partial charge in [-0.3, -0.25) is 0 Å². The van der Waals surface area contributed by atoms with Gasteiger partial charge in [0.05, 0.1) is 25.4 Å². The molecule has 1 aromatic carbocycles. The Labute approximate surface area is 112 Å². The first kappa shape index (κ1) is 13.6. The molecule has 1 fully saturated rings. The van der Waals surface area contributed by atoms with Gasteiger partial charge in [0, 0.05) is 10.1 Å². The molecule has 18 heavy (non-hydrogen) atoms. The van der Waals surface area contributed by atoms with Crippen LogP contribution in [0, 0.1) is 0 Å². The molecule has 0 atom stereocenters. The molecule has 0 saturated heterocycles. The smallest absolute Gasteiger partial charge is 0.129 e. The molecule has 0 unspecified atom stereocenters. The third-order valence-electron chi connectivity index (χ3n) is 3.04. The zero-order valence-electron chi connectivity index (χ0n) is 11.3. The van der Waals surface area contributed by atoms with Crippen molar-refractivity contribution in [2.75, 3.05) is 14.2 Å². The Morgan fingerprint density at radius 2 is 1.67 bits per heavy atom. The summed E-state index contributed by atoms with van der Waals surface area (Å²) in [7, 11) is 3.27. The molecular formula is C14H20O3S. The third kappa shape index (κ3) is 2.59. The second kappa shape index (κ2) is 5.02. The van der Waals surface area contributed by atoms with Gasteiger partial charge in [0.25, 0.3) is 0 Å². The van der Waals surface area contributed by atoms with E-state index in [2.05, 4.69) is 13.8 Å². The van der Waals surface area contributed by atoms with Crippen molar-refractivity contribution in [3.05, 3.63) is 17.7 Å². The fraction of sp³-hybridized carbons (Fsp3) is 0.571. The zero-order chi connectivity index (χ0) is 13.3. The molecule has 1 aliphatic rings. The van der Waals surface area contributed by atoms with Crippen molar-refractivity contribution in [3.63, 3.8) is 0 Å². The van der Waals surface area contributed by atoms with Crippen LogP contribution in [-0.4, -0.2) is 24.6 Å². The molecule has 0 bridgehead atoms. The summed E-state index contributed by atoms with van der Waals surface area (Å²) < 4.78 is 10.8. The SMILES string of the molecule is COc1cc(SC(C)C)cc(OC)c1C1(O)CC1. The minimum absolute atomic E-state index is 0.495. The Morgan fingerprint density at radius 3 is 2.00 bits per heavy atom. The van der Waals surface area contributed by atoms with E-state index in [9.17, 15) is 5.11 Å². The van der Waals surface area contributed by atoms with Gasteiger partial charge < -0.3 is 14.6 Å². The van der Waals surface area contributed by atoms with Crippen molar-refractivity contribution in [1.82, 2.24) is 0 Å². The first-order valence-electron chi connectivity index (χ1n) is 6.15. The first-order valence-corrected chi connectivity index (χ1v) is 7.03. The van der Waals surface area contributed by atoms with Gasteiger partial charge in [-0.2, -0.15) is 0 Å². The Kier molecular flexibility index (Phi) is 3.78. The van der Waals surface area contributed by atoms with Crippen LogP contribution >= 0.6 is 11.8 Å². The van der Waals surface area contributed by atoms with Crippen molar-refractivity contribution in [2.24, 2.45) is 0 Å². The standard InChI is InChI=1S/C14H20O3S/c1-9(2)18-10-7-11(16-3)13(12(8-10)17-4)14(15)5-6-14/h7-9,15H,5-6H2,1-4H3. The van der Waals surface area contributed by atoms with Gasteiger partial charge in [0.2, 0.25) is 0 Å². The summed E-state index contributed by atoms with van der Waals surface area (Å²) in [5.74, 6) is 1.44. The summed E-state index contributed by atoms with van der Waals surface area (Å²) >= 11 is 1.76. The topological polar surface area (TPSA) is 38.7 Å². The fourth-order valence-electron chi connectivity index (χ4n) is 2.06. The van der Waals surface area contributed by atoms with E-state index in [0.29, 0.717) is 5.25 Å². The Balaban J connectivity index is 2.46. The lowest BCUT2D eigenvalue weighted by Crippen LogP contribution is -2.09. The maximum atomic E-state index is 10.3. The van der Waals surface area contributed by atoms with Gasteiger partial charge in [-0.15, -0.1) is 11.8 Å². The van der Waals surface area contributed by atoms with Crippen LogP contribution in [0.15, 0.2) is 17.0 Å². The lowest BCUT2D eigenvalue weighted by Gasteiger charge is -2.19. The van der Waals surface area contributed by atoms with Crippen LogP contribution in [0.1, 0.15) is 32.3 Å². The van der Waals surface area contributed by atoms with Crippen LogP contribution in [0.5, 0.6) is 11.5 Å². The van der Waals surface area contributed by atoms with Crippen molar-refractivity contribution in [2.45, 2.75) is 42.4 Å². The van der Waals surface area contributed by atoms with Gasteiger partial charge in [0.1, 0.15) is 11.5 Å². The van der Waals surface area contributed by atoms with E-state index in [-0.39, 0.29) is 0 Å². The van der Waals surface area contributed by atoms with Crippen molar-refractivity contribution < 1.29 is 14.6 Å². The van der Waals surface area contributed by atoms with Crippen molar-refractivity contribution >= 4 is 11.8 Å². The number of thioether (sulfide) groups is 1. The molecule has 0 aromatic heterocycles. The quantitative estimate of drug-likeness (QED) is 0.832. The summed E-state index contributed by atoms with van der Waals surface area (Å²) in [6.45, 7) is 4.29. The van der Waals surface area contributed by atoms with Crippen molar-refractivity contribution in [1.29, 1.82) is 0 Å². The Bertz CT molecular complexity index is 414. The molecule has 0 aliphatic heterocycles. The number of aliphatic hydroxyl groups is 1. The summed E-state index contributed by atoms with van der Waals surface area (Å²) in [6.07, 6.45) is 1.55. The van der Waals surface area contributed by atoms with Crippen LogP contribution in [0.25, 0.3) is 0 Å². The molecule has 2 rings (SSSR count). The van der Waals surface area contributed by atoms with E-state index >= 15 is 0 Å². The van der Waals surface area contributed by atoms with Crippen LogP contribution in [0.4, 0.5) is 0 Å². The van der Waals surface area contributed by atoms with Crippen LogP contribution in [-0.2, 0) is 5.60 Å². The molecule has 0 radical (unpaired) electrons. The minimum Gasteiger partial charge on any atom is -0.496 e. The molecule has 1 saturated carbocycles. The summed E-state index contributed by atoms with van der Waals surface area (Å²) in [5, 5.41) is 10.8. The van der Waals surface area contributed by atoms with E-state index in [4.69, 9.17) is 9.47 Å².